The van der Waals surface area contributed by atoms with Crippen LogP contribution in [0.15, 0.2) is 18.2 Å². The standard InChI is InChI=1S/C18H23N3O5/c1-24-16-8-18-17(25-4-5-26-18)6-12(16)9-20-2-3-21-13(10-20)7-14(19-21)15(23)11-22/h6-8,15,22-23H,2-5,9-11H2,1H3/t15-/m0/s1. The first-order chi connectivity index (χ1) is 12.7. The fraction of sp³-hybridized carbons (Fsp3) is 0.500. The SMILES string of the molecule is COc1cc2c(cc1CN1CCn3nc([C@@H](O)CO)cc3C1)OCCO2. The Morgan fingerprint density at radius 3 is 2.69 bits per heavy atom. The zero-order valence-electron chi connectivity index (χ0n) is 14.7. The molecule has 0 aliphatic carbocycles. The summed E-state index contributed by atoms with van der Waals surface area (Å²) < 4.78 is 18.7. The third-order valence-corrected chi connectivity index (χ3v) is 4.75. The van der Waals surface area contributed by atoms with Gasteiger partial charge in [0.15, 0.2) is 11.5 Å². The molecule has 0 radical (unpaired) electrons. The van der Waals surface area contributed by atoms with E-state index in [1.54, 1.807) is 7.11 Å². The Morgan fingerprint density at radius 2 is 1.96 bits per heavy atom. The molecule has 140 valence electrons. The van der Waals surface area contributed by atoms with Crippen molar-refractivity contribution in [1.82, 2.24) is 14.7 Å². The Kier molecular flexibility index (Phi) is 4.71. The van der Waals surface area contributed by atoms with Crippen molar-refractivity contribution in [3.05, 3.63) is 35.2 Å². The lowest BCUT2D eigenvalue weighted by atomic mass is 10.1. The van der Waals surface area contributed by atoms with Gasteiger partial charge in [0.25, 0.3) is 0 Å². The number of nitrogens with zero attached hydrogens (tertiary/aromatic N) is 3. The second-order valence-corrected chi connectivity index (χ2v) is 6.50. The average Bonchev–Trinajstić information content (AvgIpc) is 3.10. The maximum atomic E-state index is 9.78. The molecule has 0 fully saturated rings. The zero-order chi connectivity index (χ0) is 18.1. The number of fused-ring (bicyclic) bond motifs is 2. The van der Waals surface area contributed by atoms with Gasteiger partial charge in [-0.2, -0.15) is 5.10 Å². The first kappa shape index (κ1) is 17.1. The highest BCUT2D eigenvalue weighted by Gasteiger charge is 2.23. The third kappa shape index (κ3) is 3.23. The van der Waals surface area contributed by atoms with E-state index in [-0.39, 0.29) is 6.61 Å². The highest BCUT2D eigenvalue weighted by Crippen LogP contribution is 2.37. The van der Waals surface area contributed by atoms with Crippen molar-refractivity contribution >= 4 is 0 Å². The van der Waals surface area contributed by atoms with Crippen LogP contribution in [0.25, 0.3) is 0 Å². The van der Waals surface area contributed by atoms with E-state index in [4.69, 9.17) is 19.3 Å². The van der Waals surface area contributed by atoms with Crippen LogP contribution in [0.1, 0.15) is 23.1 Å². The van der Waals surface area contributed by atoms with Crippen LogP contribution in [-0.2, 0) is 19.6 Å². The number of aliphatic hydroxyl groups excluding tert-OH is 2. The molecule has 0 bridgehead atoms. The van der Waals surface area contributed by atoms with Crippen LogP contribution in [0.4, 0.5) is 0 Å². The van der Waals surface area contributed by atoms with Gasteiger partial charge in [-0.1, -0.05) is 0 Å². The molecule has 0 saturated heterocycles. The number of aromatic nitrogens is 2. The van der Waals surface area contributed by atoms with Crippen molar-refractivity contribution in [2.75, 3.05) is 33.5 Å². The Balaban J connectivity index is 1.52. The van der Waals surface area contributed by atoms with Gasteiger partial charge in [0, 0.05) is 31.3 Å². The minimum atomic E-state index is -0.931. The number of methoxy groups -OCH3 is 1. The molecule has 3 heterocycles. The molecule has 26 heavy (non-hydrogen) atoms. The molecule has 2 aliphatic rings. The van der Waals surface area contributed by atoms with Crippen LogP contribution >= 0.6 is 0 Å². The van der Waals surface area contributed by atoms with Crippen molar-refractivity contribution < 1.29 is 24.4 Å². The molecule has 0 spiro atoms. The van der Waals surface area contributed by atoms with Gasteiger partial charge in [-0.25, -0.2) is 0 Å². The second kappa shape index (κ2) is 7.14. The van der Waals surface area contributed by atoms with Crippen molar-refractivity contribution in [1.29, 1.82) is 0 Å². The predicted octanol–water partition coefficient (Wildman–Crippen LogP) is 0.704. The van der Waals surface area contributed by atoms with E-state index >= 15 is 0 Å². The second-order valence-electron chi connectivity index (χ2n) is 6.50. The lowest BCUT2D eigenvalue weighted by molar-refractivity contribution is 0.0915. The number of hydrogen-bond donors (Lipinski definition) is 2. The summed E-state index contributed by atoms with van der Waals surface area (Å²) in [5.74, 6) is 2.25. The fourth-order valence-electron chi connectivity index (χ4n) is 3.40. The van der Waals surface area contributed by atoms with Crippen LogP contribution in [0.3, 0.4) is 0 Å². The number of hydrogen-bond acceptors (Lipinski definition) is 7. The first-order valence-corrected chi connectivity index (χ1v) is 8.72. The molecule has 2 aliphatic heterocycles. The highest BCUT2D eigenvalue weighted by atomic mass is 16.6. The van der Waals surface area contributed by atoms with Gasteiger partial charge in [-0.05, 0) is 12.1 Å². The van der Waals surface area contributed by atoms with Crippen LogP contribution in [0.2, 0.25) is 0 Å². The quantitative estimate of drug-likeness (QED) is 0.810. The third-order valence-electron chi connectivity index (χ3n) is 4.75. The number of rotatable bonds is 5. The number of benzene rings is 1. The largest absolute Gasteiger partial charge is 0.496 e. The van der Waals surface area contributed by atoms with Crippen LogP contribution in [-0.4, -0.2) is 58.4 Å². The van der Waals surface area contributed by atoms with Crippen LogP contribution < -0.4 is 14.2 Å². The van der Waals surface area contributed by atoms with Gasteiger partial charge in [-0.15, -0.1) is 0 Å². The molecule has 8 nitrogen and oxygen atoms in total. The minimum Gasteiger partial charge on any atom is -0.496 e. The Hall–Kier alpha value is -2.29. The van der Waals surface area contributed by atoms with Crippen molar-refractivity contribution in [2.24, 2.45) is 0 Å². The lowest BCUT2D eigenvalue weighted by Gasteiger charge is -2.28. The van der Waals surface area contributed by atoms with Crippen molar-refractivity contribution in [3.8, 4) is 17.2 Å². The fourth-order valence-corrected chi connectivity index (χ4v) is 3.40. The van der Waals surface area contributed by atoms with Crippen molar-refractivity contribution in [3.63, 3.8) is 0 Å². The maximum Gasteiger partial charge on any atom is 0.165 e. The molecule has 0 amide bonds. The summed E-state index contributed by atoms with van der Waals surface area (Å²) in [6.45, 7) is 3.77. The monoisotopic (exact) mass is 361 g/mol. The molecule has 2 N–H and O–H groups in total. The van der Waals surface area contributed by atoms with Crippen molar-refractivity contribution in [2.45, 2.75) is 25.7 Å². The Labute approximate surface area is 151 Å². The van der Waals surface area contributed by atoms with Gasteiger partial charge in [-0.3, -0.25) is 9.58 Å². The molecule has 1 atom stereocenters. The summed E-state index contributed by atoms with van der Waals surface area (Å²) >= 11 is 0. The average molecular weight is 361 g/mol. The summed E-state index contributed by atoms with van der Waals surface area (Å²) in [6.07, 6.45) is -0.931. The highest BCUT2D eigenvalue weighted by molar-refractivity contribution is 5.51. The van der Waals surface area contributed by atoms with E-state index in [0.717, 1.165) is 41.6 Å². The molecule has 4 rings (SSSR count). The normalized spacial score (nSPS) is 17.7. The molecule has 8 heteroatoms. The summed E-state index contributed by atoms with van der Waals surface area (Å²) in [5, 5.41) is 23.3. The smallest absolute Gasteiger partial charge is 0.165 e. The van der Waals surface area contributed by atoms with E-state index in [0.29, 0.717) is 32.0 Å². The van der Waals surface area contributed by atoms with Gasteiger partial charge in [0.1, 0.15) is 25.1 Å². The van der Waals surface area contributed by atoms with Gasteiger partial charge < -0.3 is 24.4 Å². The zero-order valence-corrected chi connectivity index (χ0v) is 14.7. The van der Waals surface area contributed by atoms with E-state index < -0.39 is 6.10 Å². The maximum absolute atomic E-state index is 9.78. The molecule has 1 aromatic carbocycles. The molecule has 2 aromatic rings. The predicted molar refractivity (Wildman–Crippen MR) is 92.4 cm³/mol. The van der Waals surface area contributed by atoms with Crippen LogP contribution in [0, 0.1) is 0 Å². The van der Waals surface area contributed by atoms with E-state index in [1.807, 2.05) is 22.9 Å². The summed E-state index contributed by atoms with van der Waals surface area (Å²) in [5.41, 5.74) is 2.58. The Bertz CT molecular complexity index is 791. The molecule has 0 saturated carbocycles. The lowest BCUT2D eigenvalue weighted by Crippen LogP contribution is -2.33. The summed E-state index contributed by atoms with van der Waals surface area (Å²) in [7, 11) is 1.66. The molecular weight excluding hydrogens is 338 g/mol. The van der Waals surface area contributed by atoms with Gasteiger partial charge in [0.2, 0.25) is 0 Å². The molecule has 0 unspecified atom stereocenters. The Morgan fingerprint density at radius 1 is 1.19 bits per heavy atom. The van der Waals surface area contributed by atoms with Gasteiger partial charge >= 0.3 is 0 Å². The topological polar surface area (TPSA) is 89.2 Å². The number of ether oxygens (including phenoxy) is 3. The summed E-state index contributed by atoms with van der Waals surface area (Å²) in [6, 6.07) is 5.72. The summed E-state index contributed by atoms with van der Waals surface area (Å²) in [4.78, 5) is 2.29. The first-order valence-electron chi connectivity index (χ1n) is 8.72. The number of aliphatic hydroxyl groups is 2. The van der Waals surface area contributed by atoms with Gasteiger partial charge in [0.05, 0.1) is 31.6 Å². The van der Waals surface area contributed by atoms with E-state index in [9.17, 15) is 5.11 Å². The van der Waals surface area contributed by atoms with E-state index in [2.05, 4.69) is 10.00 Å². The van der Waals surface area contributed by atoms with Crippen LogP contribution in [0.5, 0.6) is 17.2 Å². The molecule has 1 aromatic heterocycles. The molecular formula is C18H23N3O5. The van der Waals surface area contributed by atoms with E-state index in [1.165, 1.54) is 0 Å². The minimum absolute atomic E-state index is 0.325.